The summed E-state index contributed by atoms with van der Waals surface area (Å²) in [5.41, 5.74) is 1.61. The molecule has 0 saturated carbocycles. The summed E-state index contributed by atoms with van der Waals surface area (Å²) in [5.74, 6) is 0.806. The fourth-order valence-corrected chi connectivity index (χ4v) is 3.42. The molecule has 2 aromatic carbocycles. The van der Waals surface area contributed by atoms with Crippen LogP contribution in [0.15, 0.2) is 65.3 Å². The number of nitrogens with one attached hydrogen (secondary N) is 1. The van der Waals surface area contributed by atoms with Crippen LogP contribution < -0.4 is 10.2 Å². The van der Waals surface area contributed by atoms with Gasteiger partial charge in [0.15, 0.2) is 0 Å². The van der Waals surface area contributed by atoms with Gasteiger partial charge in [0.1, 0.15) is 5.82 Å². The Balaban J connectivity index is 1.85. The lowest BCUT2D eigenvalue weighted by Crippen LogP contribution is -2.32. The Labute approximate surface area is 177 Å². The molecule has 1 amide bonds. The summed E-state index contributed by atoms with van der Waals surface area (Å²) in [6.45, 7) is 4.40. The number of hydrogen-bond acceptors (Lipinski definition) is 4. The third-order valence-corrected chi connectivity index (χ3v) is 5.70. The maximum Gasteiger partial charge on any atom is 0.260 e. The number of anilines is 2. The Bertz CT molecular complexity index is 968. The number of carbonyl (C=O) groups is 1. The van der Waals surface area contributed by atoms with Crippen LogP contribution >= 0.6 is 27.5 Å². The highest BCUT2D eigenvalue weighted by atomic mass is 79.9. The molecule has 0 spiro atoms. The summed E-state index contributed by atoms with van der Waals surface area (Å²) in [5, 5.41) is 3.78. The molecule has 0 aliphatic heterocycles. The van der Waals surface area contributed by atoms with Crippen LogP contribution in [0.25, 0.3) is 0 Å². The monoisotopic (exact) mass is 458 g/mol. The average Bonchev–Trinajstić information content (AvgIpc) is 2.71. The molecule has 0 saturated heterocycles. The van der Waals surface area contributed by atoms with Crippen LogP contribution in [0.4, 0.5) is 11.8 Å². The lowest BCUT2D eigenvalue weighted by atomic mass is 10.1. The quantitative estimate of drug-likeness (QED) is 0.511. The Morgan fingerprint density at radius 3 is 2.64 bits per heavy atom. The van der Waals surface area contributed by atoms with E-state index in [4.69, 9.17) is 11.6 Å². The fourth-order valence-electron chi connectivity index (χ4n) is 2.81. The minimum Gasteiger partial charge on any atom is -0.348 e. The summed E-state index contributed by atoms with van der Waals surface area (Å²) in [4.78, 5) is 23.5. The van der Waals surface area contributed by atoms with E-state index in [1.54, 1.807) is 35.4 Å². The van der Waals surface area contributed by atoms with Gasteiger partial charge < -0.3 is 5.32 Å². The molecule has 1 atom stereocenters. The van der Waals surface area contributed by atoms with Gasteiger partial charge in [-0.1, -0.05) is 48.0 Å². The van der Waals surface area contributed by atoms with E-state index in [0.717, 1.165) is 5.56 Å². The van der Waals surface area contributed by atoms with Crippen LogP contribution in [0.5, 0.6) is 0 Å². The smallest absolute Gasteiger partial charge is 0.260 e. The van der Waals surface area contributed by atoms with Crippen LogP contribution in [-0.2, 0) is 0 Å². The lowest BCUT2D eigenvalue weighted by molar-refractivity contribution is 0.0987. The van der Waals surface area contributed by atoms with Crippen molar-refractivity contribution in [3.05, 3.63) is 81.4 Å². The molecule has 7 heteroatoms. The van der Waals surface area contributed by atoms with Gasteiger partial charge in [-0.3, -0.25) is 9.69 Å². The van der Waals surface area contributed by atoms with E-state index in [2.05, 4.69) is 31.2 Å². The van der Waals surface area contributed by atoms with Crippen molar-refractivity contribution in [1.29, 1.82) is 0 Å². The number of halogens is 2. The number of benzene rings is 2. The van der Waals surface area contributed by atoms with Gasteiger partial charge in [0.05, 0.1) is 16.6 Å². The summed E-state index contributed by atoms with van der Waals surface area (Å²) < 4.78 is 0.574. The van der Waals surface area contributed by atoms with E-state index in [-0.39, 0.29) is 11.9 Å². The molecule has 5 nitrogen and oxygen atoms in total. The molecule has 1 N–H and O–H groups in total. The number of carbonyl (C=O) groups excluding carboxylic acids is 1. The summed E-state index contributed by atoms with van der Waals surface area (Å²) in [6, 6.07) is 17.0. The van der Waals surface area contributed by atoms with Crippen molar-refractivity contribution in [2.45, 2.75) is 19.9 Å². The summed E-state index contributed by atoms with van der Waals surface area (Å²) in [6.07, 6.45) is 1.64. The Morgan fingerprint density at radius 1 is 1.18 bits per heavy atom. The van der Waals surface area contributed by atoms with Crippen LogP contribution in [-0.4, -0.2) is 22.4 Å². The molecule has 0 aliphatic carbocycles. The normalized spacial score (nSPS) is 11.7. The van der Waals surface area contributed by atoms with Gasteiger partial charge in [-0.25, -0.2) is 4.98 Å². The molecular weight excluding hydrogens is 440 g/mol. The predicted octanol–water partition coefficient (Wildman–Crippen LogP) is 5.73. The standard InChI is InChI=1S/C21H20BrClN4O/c1-3-27(20(28)16-10-7-11-17(23)19(16)22)18-12-13-24-21(26-18)25-14(2)15-8-5-4-6-9-15/h4-14H,3H2,1-2H3,(H,24,25,26)/t14-/m0/s1. The molecular formula is C21H20BrClN4O. The predicted molar refractivity (Wildman–Crippen MR) is 117 cm³/mol. The zero-order chi connectivity index (χ0) is 20.1. The first kappa shape index (κ1) is 20.3. The number of aromatic nitrogens is 2. The molecule has 0 aliphatic rings. The maximum atomic E-state index is 13.1. The van der Waals surface area contributed by atoms with Crippen LogP contribution in [0.2, 0.25) is 5.02 Å². The molecule has 0 fully saturated rings. The van der Waals surface area contributed by atoms with Gasteiger partial charge in [0.25, 0.3) is 5.91 Å². The third-order valence-electron chi connectivity index (χ3n) is 4.31. The summed E-state index contributed by atoms with van der Waals surface area (Å²) >= 11 is 9.54. The highest BCUT2D eigenvalue weighted by molar-refractivity contribution is 9.10. The van der Waals surface area contributed by atoms with Gasteiger partial charge in [-0.15, -0.1) is 0 Å². The second kappa shape index (κ2) is 9.17. The van der Waals surface area contributed by atoms with E-state index in [1.807, 2.05) is 44.2 Å². The topological polar surface area (TPSA) is 58.1 Å². The average molecular weight is 460 g/mol. The summed E-state index contributed by atoms with van der Waals surface area (Å²) in [7, 11) is 0. The first-order valence-corrected chi connectivity index (χ1v) is 10.1. The van der Waals surface area contributed by atoms with Gasteiger partial charge >= 0.3 is 0 Å². The Hall–Kier alpha value is -2.44. The second-order valence-corrected chi connectivity index (χ2v) is 7.37. The van der Waals surface area contributed by atoms with E-state index in [1.165, 1.54) is 0 Å². The molecule has 1 aromatic heterocycles. The van der Waals surface area contributed by atoms with Crippen molar-refractivity contribution in [2.24, 2.45) is 0 Å². The van der Waals surface area contributed by atoms with Crippen LogP contribution in [0.3, 0.4) is 0 Å². The Morgan fingerprint density at radius 2 is 1.93 bits per heavy atom. The van der Waals surface area contributed by atoms with Gasteiger partial charge in [0.2, 0.25) is 5.95 Å². The van der Waals surface area contributed by atoms with Crippen molar-refractivity contribution in [3.63, 3.8) is 0 Å². The SMILES string of the molecule is CCN(C(=O)c1cccc(Cl)c1Br)c1ccnc(N[C@@H](C)c2ccccc2)n1. The number of nitrogens with zero attached hydrogens (tertiary/aromatic N) is 3. The first-order chi connectivity index (χ1) is 13.5. The largest absolute Gasteiger partial charge is 0.348 e. The van der Waals surface area contributed by atoms with Crippen LogP contribution in [0, 0.1) is 0 Å². The molecule has 0 unspecified atom stereocenters. The van der Waals surface area contributed by atoms with Crippen molar-refractivity contribution in [2.75, 3.05) is 16.8 Å². The van der Waals surface area contributed by atoms with Crippen molar-refractivity contribution in [3.8, 4) is 0 Å². The molecule has 144 valence electrons. The van der Waals surface area contributed by atoms with Crippen LogP contribution in [0.1, 0.15) is 35.8 Å². The molecule has 28 heavy (non-hydrogen) atoms. The zero-order valence-corrected chi connectivity index (χ0v) is 17.9. The highest BCUT2D eigenvalue weighted by Gasteiger charge is 2.21. The molecule has 3 aromatic rings. The fraction of sp³-hybridized carbons (Fsp3) is 0.190. The zero-order valence-electron chi connectivity index (χ0n) is 15.6. The number of rotatable bonds is 6. The van der Waals surface area contributed by atoms with Crippen molar-refractivity contribution in [1.82, 2.24) is 9.97 Å². The van der Waals surface area contributed by atoms with E-state index in [9.17, 15) is 4.79 Å². The molecule has 0 radical (unpaired) electrons. The first-order valence-electron chi connectivity index (χ1n) is 8.91. The number of hydrogen-bond donors (Lipinski definition) is 1. The van der Waals surface area contributed by atoms with Crippen molar-refractivity contribution < 1.29 is 4.79 Å². The Kier molecular flexibility index (Phi) is 6.65. The van der Waals surface area contributed by atoms with Crippen molar-refractivity contribution >= 4 is 45.2 Å². The number of amides is 1. The van der Waals surface area contributed by atoms with Gasteiger partial charge in [-0.05, 0) is 53.5 Å². The lowest BCUT2D eigenvalue weighted by Gasteiger charge is -2.22. The molecule has 1 heterocycles. The van der Waals surface area contributed by atoms with Gasteiger partial charge in [-0.2, -0.15) is 4.98 Å². The highest BCUT2D eigenvalue weighted by Crippen LogP contribution is 2.28. The molecule has 3 rings (SSSR count). The maximum absolute atomic E-state index is 13.1. The van der Waals surface area contributed by atoms with Gasteiger partial charge in [0, 0.05) is 17.2 Å². The van der Waals surface area contributed by atoms with E-state index >= 15 is 0 Å². The molecule has 0 bridgehead atoms. The van der Waals surface area contributed by atoms with E-state index in [0.29, 0.717) is 33.4 Å². The third kappa shape index (κ3) is 4.51. The van der Waals surface area contributed by atoms with E-state index < -0.39 is 0 Å². The second-order valence-electron chi connectivity index (χ2n) is 6.17. The minimum absolute atomic E-state index is 0.0318. The minimum atomic E-state index is -0.183.